The standard InChI is InChI=1S/C20H17Cl2NO2/c1-10(24)12-7-8-17(25)20-18(12)13-3-2-4-14(13)19(23-20)15-6-5-11(21)9-16(15)22/h2-3,5-9,13-14,19,23,25H,4H2,1H3. The smallest absolute Gasteiger partial charge is 0.160 e. The predicted octanol–water partition coefficient (Wildman–Crippen LogP) is 5.73. The quantitative estimate of drug-likeness (QED) is 0.401. The maximum Gasteiger partial charge on any atom is 0.160 e. The second-order valence-corrected chi connectivity index (χ2v) is 7.46. The van der Waals surface area contributed by atoms with Crippen LogP contribution in [0.2, 0.25) is 10.0 Å². The van der Waals surface area contributed by atoms with Crippen LogP contribution in [-0.4, -0.2) is 10.9 Å². The van der Waals surface area contributed by atoms with E-state index in [-0.39, 0.29) is 29.4 Å². The molecule has 3 atom stereocenters. The molecule has 2 aliphatic rings. The van der Waals surface area contributed by atoms with Crippen molar-refractivity contribution in [3.63, 3.8) is 0 Å². The molecule has 0 saturated carbocycles. The molecule has 0 aromatic heterocycles. The summed E-state index contributed by atoms with van der Waals surface area (Å²) in [6.07, 6.45) is 5.15. The van der Waals surface area contributed by atoms with Gasteiger partial charge in [-0.15, -0.1) is 0 Å². The Morgan fingerprint density at radius 3 is 2.76 bits per heavy atom. The molecule has 0 amide bonds. The number of halogens is 2. The van der Waals surface area contributed by atoms with Gasteiger partial charge in [-0.05, 0) is 54.7 Å². The lowest BCUT2D eigenvalue weighted by atomic mass is 9.75. The van der Waals surface area contributed by atoms with Gasteiger partial charge < -0.3 is 10.4 Å². The van der Waals surface area contributed by atoms with Crippen LogP contribution in [-0.2, 0) is 0 Å². The normalized spacial score (nSPS) is 23.7. The minimum Gasteiger partial charge on any atom is -0.506 e. The number of anilines is 1. The second kappa shape index (κ2) is 6.08. The number of carbonyl (C=O) groups excluding carboxylic acids is 1. The van der Waals surface area contributed by atoms with E-state index >= 15 is 0 Å². The van der Waals surface area contributed by atoms with E-state index < -0.39 is 0 Å². The van der Waals surface area contributed by atoms with Crippen molar-refractivity contribution in [1.29, 1.82) is 0 Å². The number of Topliss-reactive ketones (excluding diaryl/α,β-unsaturated/α-hetero) is 1. The molecule has 3 unspecified atom stereocenters. The number of rotatable bonds is 2. The van der Waals surface area contributed by atoms with Crippen molar-refractivity contribution in [2.45, 2.75) is 25.3 Å². The molecule has 0 radical (unpaired) electrons. The molecule has 1 aliphatic carbocycles. The second-order valence-electron chi connectivity index (χ2n) is 6.62. The first kappa shape index (κ1) is 16.5. The third-order valence-corrected chi connectivity index (χ3v) is 5.74. The highest BCUT2D eigenvalue weighted by Gasteiger charge is 2.41. The number of allylic oxidation sites excluding steroid dienone is 2. The average Bonchev–Trinajstić information content (AvgIpc) is 3.04. The third-order valence-electron chi connectivity index (χ3n) is 5.17. The van der Waals surface area contributed by atoms with Crippen LogP contribution in [0.1, 0.15) is 46.8 Å². The Balaban J connectivity index is 1.89. The fraction of sp³-hybridized carbons (Fsp3) is 0.250. The van der Waals surface area contributed by atoms with Crippen molar-refractivity contribution in [3.8, 4) is 5.75 Å². The SMILES string of the molecule is CC(=O)c1ccc(O)c2c1C1C=CCC1C(c1ccc(Cl)cc1Cl)N2. The Morgan fingerprint density at radius 2 is 2.04 bits per heavy atom. The number of nitrogens with one attached hydrogen (secondary N) is 1. The number of phenols is 1. The molecule has 0 saturated heterocycles. The van der Waals surface area contributed by atoms with E-state index in [9.17, 15) is 9.90 Å². The van der Waals surface area contributed by atoms with Crippen LogP contribution in [0.5, 0.6) is 5.75 Å². The Labute approximate surface area is 156 Å². The van der Waals surface area contributed by atoms with Gasteiger partial charge in [-0.1, -0.05) is 41.4 Å². The first-order valence-corrected chi connectivity index (χ1v) is 8.98. The van der Waals surface area contributed by atoms with Crippen LogP contribution in [0.25, 0.3) is 0 Å². The summed E-state index contributed by atoms with van der Waals surface area (Å²) in [6.45, 7) is 1.56. The summed E-state index contributed by atoms with van der Waals surface area (Å²) in [5, 5.41) is 15.0. The largest absolute Gasteiger partial charge is 0.506 e. The first-order chi connectivity index (χ1) is 12.0. The zero-order valence-electron chi connectivity index (χ0n) is 13.6. The van der Waals surface area contributed by atoms with Gasteiger partial charge in [0.2, 0.25) is 0 Å². The summed E-state index contributed by atoms with van der Waals surface area (Å²) < 4.78 is 0. The number of phenolic OH excluding ortho intramolecular Hbond substituents is 1. The number of benzene rings is 2. The maximum absolute atomic E-state index is 12.1. The van der Waals surface area contributed by atoms with Crippen LogP contribution in [0.15, 0.2) is 42.5 Å². The van der Waals surface area contributed by atoms with Crippen LogP contribution >= 0.6 is 23.2 Å². The molecule has 3 nitrogen and oxygen atoms in total. The summed E-state index contributed by atoms with van der Waals surface area (Å²) in [5.41, 5.74) is 3.11. The molecule has 2 aromatic rings. The Morgan fingerprint density at radius 1 is 1.24 bits per heavy atom. The summed E-state index contributed by atoms with van der Waals surface area (Å²) in [7, 11) is 0. The number of carbonyl (C=O) groups is 1. The van der Waals surface area contributed by atoms with E-state index in [0.29, 0.717) is 21.3 Å². The molecule has 4 rings (SSSR count). The van der Waals surface area contributed by atoms with Crippen LogP contribution < -0.4 is 5.32 Å². The van der Waals surface area contributed by atoms with Gasteiger partial charge in [-0.3, -0.25) is 4.79 Å². The first-order valence-electron chi connectivity index (χ1n) is 8.22. The van der Waals surface area contributed by atoms with E-state index in [0.717, 1.165) is 17.5 Å². The summed E-state index contributed by atoms with van der Waals surface area (Å²) in [6, 6.07) is 8.70. The highest BCUT2D eigenvalue weighted by molar-refractivity contribution is 6.35. The molecule has 2 aromatic carbocycles. The summed E-state index contributed by atoms with van der Waals surface area (Å²) in [5.74, 6) is 0.444. The molecule has 5 heteroatoms. The van der Waals surface area contributed by atoms with Crippen molar-refractivity contribution in [2.75, 3.05) is 5.32 Å². The fourth-order valence-electron chi connectivity index (χ4n) is 4.06. The Kier molecular flexibility index (Phi) is 4.01. The van der Waals surface area contributed by atoms with Gasteiger partial charge in [0, 0.05) is 21.5 Å². The lowest BCUT2D eigenvalue weighted by molar-refractivity contribution is 0.101. The van der Waals surface area contributed by atoms with Gasteiger partial charge >= 0.3 is 0 Å². The zero-order chi connectivity index (χ0) is 17.7. The molecule has 25 heavy (non-hydrogen) atoms. The number of hydrogen-bond acceptors (Lipinski definition) is 3. The molecular formula is C20H17Cl2NO2. The van der Waals surface area contributed by atoms with Crippen molar-refractivity contribution in [2.24, 2.45) is 5.92 Å². The predicted molar refractivity (Wildman–Crippen MR) is 101 cm³/mol. The molecular weight excluding hydrogens is 357 g/mol. The van der Waals surface area contributed by atoms with Gasteiger partial charge in [0.1, 0.15) is 5.75 Å². The van der Waals surface area contributed by atoms with E-state index in [1.807, 2.05) is 12.1 Å². The number of aromatic hydroxyl groups is 1. The molecule has 1 heterocycles. The van der Waals surface area contributed by atoms with E-state index in [1.54, 1.807) is 25.1 Å². The third kappa shape index (κ3) is 2.62. The topological polar surface area (TPSA) is 49.3 Å². The average molecular weight is 374 g/mol. The Hall–Kier alpha value is -1.97. The van der Waals surface area contributed by atoms with Gasteiger partial charge in [-0.25, -0.2) is 0 Å². The van der Waals surface area contributed by atoms with E-state index in [2.05, 4.69) is 17.5 Å². The minimum absolute atomic E-state index is 0.0000698. The number of hydrogen-bond donors (Lipinski definition) is 2. The van der Waals surface area contributed by atoms with Crippen LogP contribution in [0.4, 0.5) is 5.69 Å². The molecule has 0 spiro atoms. The van der Waals surface area contributed by atoms with E-state index in [1.165, 1.54) is 0 Å². The monoisotopic (exact) mass is 373 g/mol. The molecule has 0 fully saturated rings. The maximum atomic E-state index is 12.1. The molecule has 128 valence electrons. The highest BCUT2D eigenvalue weighted by atomic mass is 35.5. The van der Waals surface area contributed by atoms with Crippen LogP contribution in [0.3, 0.4) is 0 Å². The van der Waals surface area contributed by atoms with Crippen molar-refractivity contribution in [1.82, 2.24) is 0 Å². The molecule has 2 N–H and O–H groups in total. The van der Waals surface area contributed by atoms with Gasteiger partial charge in [0.25, 0.3) is 0 Å². The lowest BCUT2D eigenvalue weighted by Crippen LogP contribution is -2.30. The minimum atomic E-state index is -0.0645. The van der Waals surface area contributed by atoms with E-state index in [4.69, 9.17) is 23.2 Å². The van der Waals surface area contributed by atoms with Gasteiger partial charge in [0.15, 0.2) is 5.78 Å². The van der Waals surface area contributed by atoms with Crippen molar-refractivity contribution in [3.05, 3.63) is 69.2 Å². The summed E-state index contributed by atoms with van der Waals surface area (Å²) >= 11 is 12.5. The van der Waals surface area contributed by atoms with Crippen molar-refractivity contribution >= 4 is 34.7 Å². The molecule has 0 bridgehead atoms. The summed E-state index contributed by atoms with van der Waals surface area (Å²) in [4.78, 5) is 12.1. The van der Waals surface area contributed by atoms with Gasteiger partial charge in [-0.2, -0.15) is 0 Å². The number of ketones is 1. The van der Waals surface area contributed by atoms with Crippen molar-refractivity contribution < 1.29 is 9.90 Å². The molecule has 1 aliphatic heterocycles. The zero-order valence-corrected chi connectivity index (χ0v) is 15.1. The van der Waals surface area contributed by atoms with Crippen LogP contribution in [0, 0.1) is 5.92 Å². The Bertz CT molecular complexity index is 907. The highest BCUT2D eigenvalue weighted by Crippen LogP contribution is 2.54. The van der Waals surface area contributed by atoms with Gasteiger partial charge in [0.05, 0.1) is 11.7 Å². The number of fused-ring (bicyclic) bond motifs is 3. The fourth-order valence-corrected chi connectivity index (χ4v) is 4.59. The lowest BCUT2D eigenvalue weighted by Gasteiger charge is -2.39.